The summed E-state index contributed by atoms with van der Waals surface area (Å²) in [5, 5.41) is 14.5. The van der Waals surface area contributed by atoms with E-state index in [4.69, 9.17) is 4.74 Å². The fourth-order valence-electron chi connectivity index (χ4n) is 6.63. The molecule has 1 atom stereocenters. The van der Waals surface area contributed by atoms with Crippen molar-refractivity contribution in [3.63, 3.8) is 0 Å². The number of allylic oxidation sites excluding steroid dienone is 4. The molecule has 4 aliphatic rings. The maximum absolute atomic E-state index is 12.7. The van der Waals surface area contributed by atoms with Gasteiger partial charge in [-0.2, -0.15) is 0 Å². The second-order valence-corrected chi connectivity index (χ2v) is 9.85. The van der Waals surface area contributed by atoms with E-state index in [0.717, 1.165) is 30.5 Å². The highest BCUT2D eigenvalue weighted by Crippen LogP contribution is 2.48. The van der Waals surface area contributed by atoms with E-state index in [2.05, 4.69) is 40.1 Å². The Kier molecular flexibility index (Phi) is 5.01. The summed E-state index contributed by atoms with van der Waals surface area (Å²) in [6.07, 6.45) is 12.8. The summed E-state index contributed by atoms with van der Waals surface area (Å²) < 4.78 is 7.60. The smallest absolute Gasteiger partial charge is 0.338 e. The molecule has 2 heterocycles. The van der Waals surface area contributed by atoms with Crippen LogP contribution in [0.3, 0.4) is 0 Å². The van der Waals surface area contributed by atoms with Gasteiger partial charge in [-0.05, 0) is 60.5 Å². The van der Waals surface area contributed by atoms with Crippen molar-refractivity contribution in [2.24, 2.45) is 5.16 Å². The molecule has 0 amide bonds. The maximum Gasteiger partial charge on any atom is 0.338 e. The zero-order valence-electron chi connectivity index (χ0n) is 19.1. The molecule has 0 saturated heterocycles. The van der Waals surface area contributed by atoms with Crippen LogP contribution in [0.1, 0.15) is 74.5 Å². The number of aromatic nitrogens is 1. The first-order chi connectivity index (χ1) is 16.2. The number of ether oxygens (including phenoxy) is 1. The van der Waals surface area contributed by atoms with Crippen LogP contribution < -0.4 is 0 Å². The summed E-state index contributed by atoms with van der Waals surface area (Å²) in [7, 11) is 1.46. The summed E-state index contributed by atoms with van der Waals surface area (Å²) in [6, 6.07) is 9.08. The lowest BCUT2D eigenvalue weighted by Gasteiger charge is -2.27. The molecule has 0 bridgehead atoms. The Morgan fingerprint density at radius 1 is 1.15 bits per heavy atom. The quantitative estimate of drug-likeness (QED) is 0.345. The average Bonchev–Trinajstić information content (AvgIpc) is 3.42. The van der Waals surface area contributed by atoms with Crippen molar-refractivity contribution in [1.82, 2.24) is 4.57 Å². The molecule has 2 saturated carbocycles. The monoisotopic (exact) mass is 442 g/mol. The Morgan fingerprint density at radius 3 is 2.79 bits per heavy atom. The van der Waals surface area contributed by atoms with Gasteiger partial charge in [0.1, 0.15) is 0 Å². The minimum Gasteiger partial charge on any atom is -0.465 e. The highest BCUT2D eigenvalue weighted by Gasteiger charge is 2.36. The summed E-state index contributed by atoms with van der Waals surface area (Å²) >= 11 is 0. The van der Waals surface area contributed by atoms with Crippen LogP contribution in [0.2, 0.25) is 0 Å². The first kappa shape index (κ1) is 20.5. The first-order valence-electron chi connectivity index (χ1n) is 12.2. The van der Waals surface area contributed by atoms with Crippen molar-refractivity contribution in [3.8, 4) is 0 Å². The van der Waals surface area contributed by atoms with Gasteiger partial charge in [0.25, 0.3) is 0 Å². The Balaban J connectivity index is 1.60. The lowest BCUT2D eigenvalue weighted by molar-refractivity contribution is -0.135. The SMILES string of the molecule is COC(=O)C1=C2Cn3c(cc4cccc(C5CCCCC5)c43)C3CC(=NO)CCC3=C2C=C1. The summed E-state index contributed by atoms with van der Waals surface area (Å²) in [5.74, 6) is 0.480. The van der Waals surface area contributed by atoms with Crippen molar-refractivity contribution < 1.29 is 14.7 Å². The van der Waals surface area contributed by atoms with Crippen LogP contribution in [0.5, 0.6) is 0 Å². The first-order valence-corrected chi connectivity index (χ1v) is 12.2. The van der Waals surface area contributed by atoms with E-state index < -0.39 is 0 Å². The van der Waals surface area contributed by atoms with Gasteiger partial charge in [0.2, 0.25) is 0 Å². The number of carbonyl (C=O) groups excluding carboxylic acids is 1. The molecule has 170 valence electrons. The van der Waals surface area contributed by atoms with Crippen molar-refractivity contribution in [3.05, 3.63) is 70.0 Å². The Hall–Kier alpha value is -3.08. The molecule has 1 aromatic carbocycles. The molecular weight excluding hydrogens is 412 g/mol. The standard InChI is InChI=1S/C28H30N2O3/c1-33-28(31)23-13-12-22-21-11-10-19(29-32)15-24(21)26-14-18-8-5-9-20(17-6-3-2-4-7-17)27(18)30(26)16-25(22)23/h5,8-9,12-14,17,24,32H,2-4,6-7,10-11,15-16H2,1H3. The summed E-state index contributed by atoms with van der Waals surface area (Å²) in [5.41, 5.74) is 9.18. The number of rotatable bonds is 2. The number of carbonyl (C=O) groups is 1. The van der Waals surface area contributed by atoms with Crippen LogP contribution in [0, 0.1) is 0 Å². The summed E-state index contributed by atoms with van der Waals surface area (Å²) in [4.78, 5) is 12.7. The van der Waals surface area contributed by atoms with E-state index in [-0.39, 0.29) is 11.9 Å². The van der Waals surface area contributed by atoms with Crippen LogP contribution in [0.25, 0.3) is 10.9 Å². The molecule has 2 aromatic rings. The highest BCUT2D eigenvalue weighted by atomic mass is 16.5. The van der Waals surface area contributed by atoms with E-state index in [1.807, 2.05) is 6.08 Å². The molecule has 6 rings (SSSR count). The fraction of sp³-hybridized carbons (Fsp3) is 0.429. The van der Waals surface area contributed by atoms with E-state index in [1.54, 1.807) is 0 Å². The number of hydrogen-bond acceptors (Lipinski definition) is 4. The highest BCUT2D eigenvalue weighted by molar-refractivity contribution is 5.96. The molecule has 3 aliphatic carbocycles. The molecule has 2 fully saturated rings. The molecule has 0 spiro atoms. The molecule has 1 unspecified atom stereocenters. The molecule has 1 aliphatic heterocycles. The molecule has 5 heteroatoms. The zero-order valence-corrected chi connectivity index (χ0v) is 19.1. The van der Waals surface area contributed by atoms with Crippen molar-refractivity contribution >= 4 is 22.6 Å². The van der Waals surface area contributed by atoms with Gasteiger partial charge >= 0.3 is 5.97 Å². The van der Waals surface area contributed by atoms with Crippen LogP contribution in [-0.4, -0.2) is 28.6 Å². The second kappa shape index (κ2) is 8.05. The number of nitrogens with zero attached hydrogens (tertiary/aromatic N) is 2. The number of para-hydroxylation sites is 1. The lowest BCUT2D eigenvalue weighted by Crippen LogP contribution is -2.18. The van der Waals surface area contributed by atoms with E-state index in [9.17, 15) is 10.0 Å². The predicted octanol–water partition coefficient (Wildman–Crippen LogP) is 6.14. The van der Waals surface area contributed by atoms with Gasteiger partial charge in [0.15, 0.2) is 0 Å². The molecule has 33 heavy (non-hydrogen) atoms. The molecular formula is C28H30N2O3. The van der Waals surface area contributed by atoms with Crippen LogP contribution in [0.4, 0.5) is 0 Å². The van der Waals surface area contributed by atoms with Gasteiger partial charge in [-0.25, -0.2) is 4.79 Å². The van der Waals surface area contributed by atoms with Crippen molar-refractivity contribution in [1.29, 1.82) is 0 Å². The number of oxime groups is 1. The van der Waals surface area contributed by atoms with Gasteiger partial charge < -0.3 is 14.5 Å². The van der Waals surface area contributed by atoms with E-state index >= 15 is 0 Å². The third-order valence-corrected chi connectivity index (χ3v) is 8.20. The normalized spacial score (nSPS) is 24.2. The van der Waals surface area contributed by atoms with E-state index in [1.165, 1.54) is 72.5 Å². The van der Waals surface area contributed by atoms with E-state index in [0.29, 0.717) is 18.0 Å². The molecule has 0 radical (unpaired) electrons. The lowest BCUT2D eigenvalue weighted by atomic mass is 9.78. The zero-order chi connectivity index (χ0) is 22.5. The number of esters is 1. The van der Waals surface area contributed by atoms with Gasteiger partial charge in [0, 0.05) is 30.0 Å². The number of benzene rings is 1. The minimum absolute atomic E-state index is 0.158. The Labute approximate surface area is 194 Å². The second-order valence-electron chi connectivity index (χ2n) is 9.85. The van der Waals surface area contributed by atoms with Crippen molar-refractivity contribution in [2.75, 3.05) is 7.11 Å². The third-order valence-electron chi connectivity index (χ3n) is 8.20. The van der Waals surface area contributed by atoms with Gasteiger partial charge in [-0.1, -0.05) is 54.3 Å². The largest absolute Gasteiger partial charge is 0.465 e. The Morgan fingerprint density at radius 2 is 2.00 bits per heavy atom. The minimum atomic E-state index is -0.269. The van der Waals surface area contributed by atoms with Crippen LogP contribution in [0.15, 0.2) is 63.9 Å². The van der Waals surface area contributed by atoms with Crippen LogP contribution >= 0.6 is 0 Å². The van der Waals surface area contributed by atoms with Gasteiger partial charge in [-0.3, -0.25) is 0 Å². The van der Waals surface area contributed by atoms with Gasteiger partial charge in [-0.15, -0.1) is 0 Å². The molecule has 5 nitrogen and oxygen atoms in total. The molecule has 1 N–H and O–H groups in total. The summed E-state index contributed by atoms with van der Waals surface area (Å²) in [6.45, 7) is 0.668. The molecule has 1 aromatic heterocycles. The van der Waals surface area contributed by atoms with Crippen molar-refractivity contribution in [2.45, 2.75) is 69.7 Å². The van der Waals surface area contributed by atoms with Gasteiger partial charge in [0.05, 0.1) is 23.9 Å². The average molecular weight is 443 g/mol. The number of methoxy groups -OCH3 is 1. The maximum atomic E-state index is 12.7. The Bertz CT molecular complexity index is 1270. The number of hydrogen-bond donors (Lipinski definition) is 1. The number of fused-ring (bicyclic) bond motifs is 6. The fourth-order valence-corrected chi connectivity index (χ4v) is 6.63. The third kappa shape index (κ3) is 3.20. The topological polar surface area (TPSA) is 63.8 Å². The predicted molar refractivity (Wildman–Crippen MR) is 129 cm³/mol. The van der Waals surface area contributed by atoms with Crippen LogP contribution in [-0.2, 0) is 16.1 Å².